The standard InChI is InChI=1S/C27H22ClFO2/c1-17-24(23-13-12-22(29)15-26(23)25(17)16-27(30)31)14-20-6-4-18(5-7-20)2-3-19-8-10-21(28)11-9-19/h4-15H,2-3,16H2,1H3,(H,30,31)/b24-14-. The summed E-state index contributed by atoms with van der Waals surface area (Å²) in [4.78, 5) is 11.3. The summed E-state index contributed by atoms with van der Waals surface area (Å²) in [5, 5.41) is 10.0. The normalized spacial score (nSPS) is 14.2. The van der Waals surface area contributed by atoms with Gasteiger partial charge in [-0.05, 0) is 94.6 Å². The lowest BCUT2D eigenvalue weighted by atomic mass is 9.99. The maximum atomic E-state index is 13.8. The Balaban J connectivity index is 1.57. The van der Waals surface area contributed by atoms with Crippen LogP contribution in [-0.2, 0) is 17.6 Å². The summed E-state index contributed by atoms with van der Waals surface area (Å²) in [7, 11) is 0. The minimum absolute atomic E-state index is 0.122. The van der Waals surface area contributed by atoms with E-state index >= 15 is 0 Å². The maximum Gasteiger partial charge on any atom is 0.307 e. The van der Waals surface area contributed by atoms with E-state index in [1.165, 1.54) is 23.3 Å². The molecule has 4 rings (SSSR count). The molecule has 3 aromatic rings. The molecular weight excluding hydrogens is 411 g/mol. The SMILES string of the molecule is CC1=C(CC(=O)O)c2cc(F)ccc2/C1=C\c1ccc(CCc2ccc(Cl)cc2)cc1. The lowest BCUT2D eigenvalue weighted by Crippen LogP contribution is -1.97. The minimum atomic E-state index is -0.921. The second-order valence-corrected chi connectivity index (χ2v) is 8.23. The average molecular weight is 433 g/mol. The van der Waals surface area contributed by atoms with Gasteiger partial charge in [0.25, 0.3) is 0 Å². The molecule has 156 valence electrons. The van der Waals surface area contributed by atoms with E-state index in [0.717, 1.165) is 40.1 Å². The number of allylic oxidation sites excluding steroid dienone is 2. The Morgan fingerprint density at radius 1 is 0.935 bits per heavy atom. The molecule has 0 saturated carbocycles. The Hall–Kier alpha value is -3.17. The second-order valence-electron chi connectivity index (χ2n) is 7.79. The number of carboxylic acids is 1. The first-order chi connectivity index (χ1) is 14.9. The Bertz CT molecular complexity index is 1190. The van der Waals surface area contributed by atoms with Crippen molar-refractivity contribution in [2.75, 3.05) is 0 Å². The Kier molecular flexibility index (Phi) is 6.06. The number of fused-ring (bicyclic) bond motifs is 1. The van der Waals surface area contributed by atoms with E-state index in [4.69, 9.17) is 11.6 Å². The molecule has 1 aliphatic carbocycles. The molecular formula is C27H22ClFO2. The number of hydrogen-bond donors (Lipinski definition) is 1. The number of aryl methyl sites for hydroxylation is 2. The summed E-state index contributed by atoms with van der Waals surface area (Å²) in [5.74, 6) is -1.28. The van der Waals surface area contributed by atoms with E-state index in [0.29, 0.717) is 11.1 Å². The smallest absolute Gasteiger partial charge is 0.307 e. The Morgan fingerprint density at radius 2 is 1.55 bits per heavy atom. The van der Waals surface area contributed by atoms with Crippen molar-refractivity contribution in [1.82, 2.24) is 0 Å². The molecule has 3 aromatic carbocycles. The molecule has 0 spiro atoms. The first-order valence-electron chi connectivity index (χ1n) is 10.2. The summed E-state index contributed by atoms with van der Waals surface area (Å²) in [6.07, 6.45) is 3.80. The molecule has 1 aliphatic rings. The van der Waals surface area contributed by atoms with Gasteiger partial charge in [-0.3, -0.25) is 4.79 Å². The van der Waals surface area contributed by atoms with Gasteiger partial charge in [-0.2, -0.15) is 0 Å². The topological polar surface area (TPSA) is 37.3 Å². The lowest BCUT2D eigenvalue weighted by Gasteiger charge is -2.06. The van der Waals surface area contributed by atoms with E-state index in [2.05, 4.69) is 24.3 Å². The maximum absolute atomic E-state index is 13.8. The molecule has 0 fully saturated rings. The molecule has 0 amide bonds. The van der Waals surface area contributed by atoms with Gasteiger partial charge in [-0.25, -0.2) is 4.39 Å². The number of aliphatic carboxylic acids is 1. The van der Waals surface area contributed by atoms with E-state index < -0.39 is 5.97 Å². The van der Waals surface area contributed by atoms with Gasteiger partial charge in [0.2, 0.25) is 0 Å². The molecule has 4 heteroatoms. The van der Waals surface area contributed by atoms with E-state index in [9.17, 15) is 14.3 Å². The zero-order valence-electron chi connectivity index (χ0n) is 17.2. The van der Waals surface area contributed by atoms with Crippen molar-refractivity contribution in [3.63, 3.8) is 0 Å². The number of hydrogen-bond acceptors (Lipinski definition) is 1. The van der Waals surface area contributed by atoms with Gasteiger partial charge < -0.3 is 5.11 Å². The molecule has 0 aromatic heterocycles. The van der Waals surface area contributed by atoms with Crippen LogP contribution >= 0.6 is 11.6 Å². The number of carboxylic acid groups (broad SMARTS) is 1. The molecule has 0 unspecified atom stereocenters. The summed E-state index contributed by atoms with van der Waals surface area (Å²) in [5.41, 5.74) is 7.56. The van der Waals surface area contributed by atoms with Crippen molar-refractivity contribution in [1.29, 1.82) is 0 Å². The third-order valence-electron chi connectivity index (χ3n) is 5.69. The number of halogens is 2. The highest BCUT2D eigenvalue weighted by molar-refractivity contribution is 6.30. The van der Waals surface area contributed by atoms with Crippen LogP contribution in [0, 0.1) is 5.82 Å². The molecule has 0 radical (unpaired) electrons. The zero-order valence-corrected chi connectivity index (χ0v) is 17.9. The second kappa shape index (κ2) is 8.91. The van der Waals surface area contributed by atoms with Crippen molar-refractivity contribution in [3.8, 4) is 0 Å². The van der Waals surface area contributed by atoms with Gasteiger partial charge in [-0.1, -0.05) is 54.1 Å². The fourth-order valence-corrected chi connectivity index (χ4v) is 4.15. The van der Waals surface area contributed by atoms with E-state index in [1.807, 2.05) is 37.3 Å². The van der Waals surface area contributed by atoms with Gasteiger partial charge in [0.05, 0.1) is 6.42 Å². The van der Waals surface area contributed by atoms with Crippen molar-refractivity contribution < 1.29 is 14.3 Å². The molecule has 0 heterocycles. The highest BCUT2D eigenvalue weighted by Crippen LogP contribution is 2.43. The third kappa shape index (κ3) is 4.78. The molecule has 31 heavy (non-hydrogen) atoms. The van der Waals surface area contributed by atoms with Crippen LogP contribution in [-0.4, -0.2) is 11.1 Å². The van der Waals surface area contributed by atoms with Gasteiger partial charge in [-0.15, -0.1) is 0 Å². The van der Waals surface area contributed by atoms with Gasteiger partial charge in [0, 0.05) is 5.02 Å². The number of benzene rings is 3. The molecule has 0 saturated heterocycles. The van der Waals surface area contributed by atoms with Crippen LogP contribution in [0.25, 0.3) is 17.2 Å². The lowest BCUT2D eigenvalue weighted by molar-refractivity contribution is -0.135. The molecule has 2 nitrogen and oxygen atoms in total. The fraction of sp³-hybridized carbons (Fsp3) is 0.148. The van der Waals surface area contributed by atoms with Gasteiger partial charge in [0.15, 0.2) is 0 Å². The van der Waals surface area contributed by atoms with Crippen molar-refractivity contribution >= 4 is 34.8 Å². The van der Waals surface area contributed by atoms with Crippen molar-refractivity contribution in [3.05, 3.63) is 111 Å². The van der Waals surface area contributed by atoms with Gasteiger partial charge in [0.1, 0.15) is 5.82 Å². The van der Waals surface area contributed by atoms with Crippen LogP contribution in [0.5, 0.6) is 0 Å². The van der Waals surface area contributed by atoms with E-state index in [1.54, 1.807) is 6.07 Å². The Labute approximate surface area is 186 Å². The van der Waals surface area contributed by atoms with E-state index in [-0.39, 0.29) is 12.2 Å². The average Bonchev–Trinajstić information content (AvgIpc) is 2.99. The molecule has 1 N–H and O–H groups in total. The van der Waals surface area contributed by atoms with Gasteiger partial charge >= 0.3 is 5.97 Å². The summed E-state index contributed by atoms with van der Waals surface area (Å²) >= 11 is 5.94. The van der Waals surface area contributed by atoms with Crippen molar-refractivity contribution in [2.24, 2.45) is 0 Å². The quantitative estimate of drug-likeness (QED) is 0.452. The third-order valence-corrected chi connectivity index (χ3v) is 5.94. The van der Waals surface area contributed by atoms with Crippen LogP contribution < -0.4 is 0 Å². The molecule has 0 aliphatic heterocycles. The monoisotopic (exact) mass is 432 g/mol. The predicted molar refractivity (Wildman–Crippen MR) is 124 cm³/mol. The van der Waals surface area contributed by atoms with Crippen LogP contribution in [0.4, 0.5) is 4.39 Å². The van der Waals surface area contributed by atoms with Crippen LogP contribution in [0.15, 0.2) is 72.3 Å². The highest BCUT2D eigenvalue weighted by atomic mass is 35.5. The van der Waals surface area contributed by atoms with Crippen LogP contribution in [0.3, 0.4) is 0 Å². The molecule has 0 atom stereocenters. The molecule has 0 bridgehead atoms. The van der Waals surface area contributed by atoms with Crippen molar-refractivity contribution in [2.45, 2.75) is 26.2 Å². The summed E-state index contributed by atoms with van der Waals surface area (Å²) in [6.45, 7) is 1.91. The van der Waals surface area contributed by atoms with Crippen LogP contribution in [0.1, 0.15) is 41.2 Å². The minimum Gasteiger partial charge on any atom is -0.481 e. The first-order valence-corrected chi connectivity index (χ1v) is 10.6. The number of carbonyl (C=O) groups is 1. The highest BCUT2D eigenvalue weighted by Gasteiger charge is 2.25. The summed E-state index contributed by atoms with van der Waals surface area (Å²) in [6, 6.07) is 20.8. The first kappa shape index (κ1) is 21.1. The zero-order chi connectivity index (χ0) is 22.0. The van der Waals surface area contributed by atoms with Crippen LogP contribution in [0.2, 0.25) is 5.02 Å². The fourth-order valence-electron chi connectivity index (χ4n) is 4.02. The largest absolute Gasteiger partial charge is 0.481 e. The summed E-state index contributed by atoms with van der Waals surface area (Å²) < 4.78 is 13.8. The Morgan fingerprint density at radius 3 is 2.16 bits per heavy atom. The number of rotatable bonds is 6. The predicted octanol–water partition coefficient (Wildman–Crippen LogP) is 7.07.